The van der Waals surface area contributed by atoms with Crippen LogP contribution in [0.5, 0.6) is 0 Å². The van der Waals surface area contributed by atoms with Crippen LogP contribution in [0, 0.1) is 0 Å². The molecule has 0 radical (unpaired) electrons. The molecule has 26 heavy (non-hydrogen) atoms. The maximum absolute atomic E-state index is 12.7. The Hall–Kier alpha value is -1.89. The fourth-order valence-corrected chi connectivity index (χ4v) is 3.45. The molecule has 1 aromatic heterocycles. The van der Waals surface area contributed by atoms with Crippen LogP contribution >= 0.6 is 11.6 Å². The molecular formula is C19H25ClN4O2. The van der Waals surface area contributed by atoms with Gasteiger partial charge in [-0.3, -0.25) is 4.79 Å². The van der Waals surface area contributed by atoms with E-state index in [9.17, 15) is 4.79 Å². The molecule has 0 spiro atoms. The third kappa shape index (κ3) is 4.44. The van der Waals surface area contributed by atoms with Crippen LogP contribution in [0.4, 0.5) is 0 Å². The topological polar surface area (TPSA) is 68.2 Å². The summed E-state index contributed by atoms with van der Waals surface area (Å²) in [5.74, 6) is 0.226. The maximum atomic E-state index is 12.7. The number of halogens is 1. The van der Waals surface area contributed by atoms with Crippen LogP contribution in [0.2, 0.25) is 5.02 Å². The predicted molar refractivity (Wildman–Crippen MR) is 102 cm³/mol. The van der Waals surface area contributed by atoms with Crippen molar-refractivity contribution in [3.63, 3.8) is 0 Å². The maximum Gasteiger partial charge on any atom is 0.254 e. The van der Waals surface area contributed by atoms with Crippen LogP contribution in [-0.2, 0) is 4.74 Å². The summed E-state index contributed by atoms with van der Waals surface area (Å²) in [6.07, 6.45) is 4.44. The Morgan fingerprint density at radius 1 is 1.35 bits per heavy atom. The van der Waals surface area contributed by atoms with E-state index in [0.29, 0.717) is 29.7 Å². The number of carbonyl (C=O) groups excluding carboxylic acids is 1. The van der Waals surface area contributed by atoms with E-state index < -0.39 is 0 Å². The third-order valence-corrected chi connectivity index (χ3v) is 4.91. The Morgan fingerprint density at radius 3 is 2.77 bits per heavy atom. The summed E-state index contributed by atoms with van der Waals surface area (Å²) in [5, 5.41) is 11.6. The number of benzene rings is 1. The number of rotatable bonds is 7. The number of methoxy groups -OCH3 is 1. The summed E-state index contributed by atoms with van der Waals surface area (Å²) in [5.41, 5.74) is 2.56. The first kappa shape index (κ1) is 18.9. The number of hydrogen-bond donors (Lipinski definition) is 2. The minimum atomic E-state index is -0.0742. The smallest absolute Gasteiger partial charge is 0.254 e. The van der Waals surface area contributed by atoms with Crippen molar-refractivity contribution >= 4 is 17.5 Å². The molecule has 7 heteroatoms. The van der Waals surface area contributed by atoms with Gasteiger partial charge in [0, 0.05) is 31.2 Å². The zero-order valence-corrected chi connectivity index (χ0v) is 15.8. The summed E-state index contributed by atoms with van der Waals surface area (Å²) >= 11 is 6.01. The van der Waals surface area contributed by atoms with Crippen molar-refractivity contribution in [2.75, 3.05) is 33.4 Å². The summed E-state index contributed by atoms with van der Waals surface area (Å²) in [6.45, 7) is 3.12. The molecule has 0 saturated carbocycles. The normalized spacial score (nSPS) is 15.2. The SMILES string of the molecule is COCCCNC(=O)c1cnn(-c2ccc(Cl)cc2)c1C1CCNCC1. The first-order valence-electron chi connectivity index (χ1n) is 9.02. The van der Waals surface area contributed by atoms with Gasteiger partial charge in [-0.2, -0.15) is 5.10 Å². The Kier molecular flexibility index (Phi) is 6.66. The molecule has 0 aliphatic carbocycles. The van der Waals surface area contributed by atoms with Gasteiger partial charge in [0.15, 0.2) is 0 Å². The van der Waals surface area contributed by atoms with Crippen molar-refractivity contribution in [2.45, 2.75) is 25.2 Å². The molecule has 1 aliphatic rings. The predicted octanol–water partition coefficient (Wildman–Crippen LogP) is 2.76. The lowest BCUT2D eigenvalue weighted by Crippen LogP contribution is -2.30. The van der Waals surface area contributed by atoms with Gasteiger partial charge in [0.25, 0.3) is 5.91 Å². The molecule has 0 atom stereocenters. The molecule has 1 aromatic carbocycles. The van der Waals surface area contributed by atoms with Crippen molar-refractivity contribution in [2.24, 2.45) is 0 Å². The van der Waals surface area contributed by atoms with E-state index in [1.165, 1.54) is 0 Å². The Labute approximate surface area is 158 Å². The monoisotopic (exact) mass is 376 g/mol. The van der Waals surface area contributed by atoms with Gasteiger partial charge in [0.1, 0.15) is 0 Å². The van der Waals surface area contributed by atoms with E-state index in [-0.39, 0.29) is 5.91 Å². The Balaban J connectivity index is 1.88. The molecule has 0 unspecified atom stereocenters. The molecular weight excluding hydrogens is 352 g/mol. The molecule has 1 aliphatic heterocycles. The number of hydrogen-bond acceptors (Lipinski definition) is 4. The third-order valence-electron chi connectivity index (χ3n) is 4.66. The minimum absolute atomic E-state index is 0.0742. The summed E-state index contributed by atoms with van der Waals surface area (Å²) in [6, 6.07) is 7.55. The van der Waals surface area contributed by atoms with Crippen LogP contribution in [-0.4, -0.2) is 49.0 Å². The van der Waals surface area contributed by atoms with Gasteiger partial charge in [0.05, 0.1) is 23.1 Å². The van der Waals surface area contributed by atoms with Crippen LogP contribution in [0.25, 0.3) is 5.69 Å². The van der Waals surface area contributed by atoms with E-state index in [2.05, 4.69) is 15.7 Å². The average molecular weight is 377 g/mol. The van der Waals surface area contributed by atoms with E-state index in [4.69, 9.17) is 16.3 Å². The van der Waals surface area contributed by atoms with Crippen LogP contribution in [0.3, 0.4) is 0 Å². The van der Waals surface area contributed by atoms with Gasteiger partial charge in [-0.05, 0) is 56.6 Å². The van der Waals surface area contributed by atoms with Crippen LogP contribution in [0.1, 0.15) is 41.2 Å². The lowest BCUT2D eigenvalue weighted by Gasteiger charge is -2.24. The summed E-state index contributed by atoms with van der Waals surface area (Å²) in [4.78, 5) is 12.7. The lowest BCUT2D eigenvalue weighted by atomic mass is 9.91. The fourth-order valence-electron chi connectivity index (χ4n) is 3.32. The zero-order valence-electron chi connectivity index (χ0n) is 15.0. The molecule has 0 bridgehead atoms. The van der Waals surface area contributed by atoms with Gasteiger partial charge in [0.2, 0.25) is 0 Å². The lowest BCUT2D eigenvalue weighted by molar-refractivity contribution is 0.0947. The van der Waals surface area contributed by atoms with Gasteiger partial charge in [-0.1, -0.05) is 11.6 Å². The number of piperidine rings is 1. The van der Waals surface area contributed by atoms with Crippen molar-refractivity contribution in [3.05, 3.63) is 46.7 Å². The van der Waals surface area contributed by atoms with E-state index in [1.54, 1.807) is 13.3 Å². The van der Waals surface area contributed by atoms with E-state index >= 15 is 0 Å². The van der Waals surface area contributed by atoms with Crippen molar-refractivity contribution in [1.29, 1.82) is 0 Å². The van der Waals surface area contributed by atoms with Crippen molar-refractivity contribution in [1.82, 2.24) is 20.4 Å². The Morgan fingerprint density at radius 2 is 2.08 bits per heavy atom. The second-order valence-corrected chi connectivity index (χ2v) is 6.89. The highest BCUT2D eigenvalue weighted by atomic mass is 35.5. The molecule has 2 aromatic rings. The number of ether oxygens (including phenoxy) is 1. The number of nitrogens with one attached hydrogen (secondary N) is 2. The number of amides is 1. The second kappa shape index (κ2) is 9.16. The number of nitrogens with zero attached hydrogens (tertiary/aromatic N) is 2. The van der Waals surface area contributed by atoms with E-state index in [0.717, 1.165) is 43.7 Å². The number of carbonyl (C=O) groups is 1. The largest absolute Gasteiger partial charge is 0.385 e. The summed E-state index contributed by atoms with van der Waals surface area (Å²) in [7, 11) is 1.66. The molecule has 3 rings (SSSR count). The number of aromatic nitrogens is 2. The molecule has 2 heterocycles. The van der Waals surface area contributed by atoms with Gasteiger partial charge < -0.3 is 15.4 Å². The minimum Gasteiger partial charge on any atom is -0.385 e. The first-order chi connectivity index (χ1) is 12.7. The molecule has 140 valence electrons. The average Bonchev–Trinajstić information content (AvgIpc) is 3.11. The molecule has 2 N–H and O–H groups in total. The van der Waals surface area contributed by atoms with Crippen LogP contribution in [0.15, 0.2) is 30.5 Å². The second-order valence-electron chi connectivity index (χ2n) is 6.46. The Bertz CT molecular complexity index is 724. The van der Waals surface area contributed by atoms with E-state index in [1.807, 2.05) is 28.9 Å². The van der Waals surface area contributed by atoms with Gasteiger partial charge >= 0.3 is 0 Å². The quantitative estimate of drug-likeness (QED) is 0.729. The molecule has 1 amide bonds. The first-order valence-corrected chi connectivity index (χ1v) is 9.40. The van der Waals surface area contributed by atoms with Gasteiger partial charge in [-0.25, -0.2) is 4.68 Å². The highest BCUT2D eigenvalue weighted by Crippen LogP contribution is 2.30. The highest BCUT2D eigenvalue weighted by Gasteiger charge is 2.26. The van der Waals surface area contributed by atoms with Crippen molar-refractivity contribution < 1.29 is 9.53 Å². The zero-order chi connectivity index (χ0) is 18.4. The standard InChI is InChI=1S/C19H25ClN4O2/c1-26-12-2-9-22-19(25)17-13-23-24(16-5-3-15(20)4-6-16)18(17)14-7-10-21-11-8-14/h3-6,13-14,21H,2,7-12H2,1H3,(H,22,25). The van der Waals surface area contributed by atoms with Gasteiger partial charge in [-0.15, -0.1) is 0 Å². The summed E-state index contributed by atoms with van der Waals surface area (Å²) < 4.78 is 6.92. The van der Waals surface area contributed by atoms with Crippen molar-refractivity contribution in [3.8, 4) is 5.69 Å². The molecule has 1 fully saturated rings. The highest BCUT2D eigenvalue weighted by molar-refractivity contribution is 6.30. The molecule has 1 saturated heterocycles. The fraction of sp³-hybridized carbons (Fsp3) is 0.474. The molecule has 6 nitrogen and oxygen atoms in total. The van der Waals surface area contributed by atoms with Crippen LogP contribution < -0.4 is 10.6 Å².